The zero-order valence-electron chi connectivity index (χ0n) is 9.09. The fraction of sp³-hybridized carbons (Fsp3) is 0.500. The van der Waals surface area contributed by atoms with Crippen LogP contribution in [-0.4, -0.2) is 26.2 Å². The molecule has 0 spiro atoms. The molecule has 0 bridgehead atoms. The monoisotopic (exact) mass is 191 g/mol. The summed E-state index contributed by atoms with van der Waals surface area (Å²) in [6, 6.07) is 6.56. The first kappa shape index (κ1) is 9.53. The highest BCUT2D eigenvalue weighted by atomic mass is 15.2. The zero-order chi connectivity index (χ0) is 9.97. The van der Waals surface area contributed by atoms with E-state index in [2.05, 4.69) is 42.3 Å². The van der Waals surface area contributed by atoms with Gasteiger partial charge in [0.15, 0.2) is 0 Å². The lowest BCUT2D eigenvalue weighted by molar-refractivity contribution is -0.655. The van der Waals surface area contributed by atoms with Crippen molar-refractivity contribution < 1.29 is 5.32 Å². The molecule has 2 N–H and O–H groups in total. The van der Waals surface area contributed by atoms with Crippen molar-refractivity contribution in [1.29, 1.82) is 0 Å². The van der Waals surface area contributed by atoms with Gasteiger partial charge in [-0.3, -0.25) is 0 Å². The van der Waals surface area contributed by atoms with Gasteiger partial charge in [0.25, 0.3) is 0 Å². The molecular formula is C12H19N2+. The average Bonchev–Trinajstić information content (AvgIpc) is 2.19. The number of quaternary nitrogens is 1. The van der Waals surface area contributed by atoms with Gasteiger partial charge in [-0.15, -0.1) is 0 Å². The predicted octanol–water partition coefficient (Wildman–Crippen LogP) is 0.687. The first-order valence-electron chi connectivity index (χ1n) is 5.42. The SMILES string of the molecule is Cc1cccc(C)c1N1CC[NH2+]CC1. The molecule has 0 radical (unpaired) electrons. The summed E-state index contributed by atoms with van der Waals surface area (Å²) < 4.78 is 0. The molecule has 0 unspecified atom stereocenters. The predicted molar refractivity (Wildman–Crippen MR) is 59.8 cm³/mol. The van der Waals surface area contributed by atoms with E-state index >= 15 is 0 Å². The average molecular weight is 191 g/mol. The van der Waals surface area contributed by atoms with Gasteiger partial charge in [0.2, 0.25) is 0 Å². The number of para-hydroxylation sites is 1. The van der Waals surface area contributed by atoms with E-state index in [1.54, 1.807) is 0 Å². The number of rotatable bonds is 1. The molecule has 1 heterocycles. The van der Waals surface area contributed by atoms with Crippen LogP contribution in [0.4, 0.5) is 5.69 Å². The van der Waals surface area contributed by atoms with Crippen LogP contribution in [0.3, 0.4) is 0 Å². The van der Waals surface area contributed by atoms with E-state index in [-0.39, 0.29) is 0 Å². The zero-order valence-corrected chi connectivity index (χ0v) is 9.09. The van der Waals surface area contributed by atoms with Crippen molar-refractivity contribution in [2.45, 2.75) is 13.8 Å². The minimum absolute atomic E-state index is 1.19. The molecule has 0 aromatic heterocycles. The van der Waals surface area contributed by atoms with Gasteiger partial charge in [-0.2, -0.15) is 0 Å². The van der Waals surface area contributed by atoms with Crippen LogP contribution in [0, 0.1) is 13.8 Å². The van der Waals surface area contributed by atoms with Crippen molar-refractivity contribution in [3.63, 3.8) is 0 Å². The Hall–Kier alpha value is -1.02. The number of aryl methyl sites for hydroxylation is 2. The van der Waals surface area contributed by atoms with E-state index in [9.17, 15) is 0 Å². The fourth-order valence-electron chi connectivity index (χ4n) is 2.28. The van der Waals surface area contributed by atoms with E-state index in [0.29, 0.717) is 0 Å². The minimum Gasteiger partial charge on any atom is -0.360 e. The van der Waals surface area contributed by atoms with E-state index in [4.69, 9.17) is 0 Å². The molecule has 1 saturated heterocycles. The molecule has 76 valence electrons. The summed E-state index contributed by atoms with van der Waals surface area (Å²) in [7, 11) is 0. The van der Waals surface area contributed by atoms with Crippen LogP contribution < -0.4 is 10.2 Å². The van der Waals surface area contributed by atoms with Crippen molar-refractivity contribution in [2.24, 2.45) is 0 Å². The molecule has 0 aliphatic carbocycles. The molecule has 1 aromatic rings. The fourth-order valence-corrected chi connectivity index (χ4v) is 2.28. The Labute approximate surface area is 85.9 Å². The highest BCUT2D eigenvalue weighted by molar-refractivity contribution is 5.58. The second kappa shape index (κ2) is 4.01. The topological polar surface area (TPSA) is 19.9 Å². The highest BCUT2D eigenvalue weighted by Crippen LogP contribution is 2.23. The molecule has 2 heteroatoms. The van der Waals surface area contributed by atoms with Crippen molar-refractivity contribution in [2.75, 3.05) is 31.1 Å². The van der Waals surface area contributed by atoms with Crippen molar-refractivity contribution >= 4 is 5.69 Å². The molecule has 0 atom stereocenters. The number of nitrogens with zero attached hydrogens (tertiary/aromatic N) is 1. The van der Waals surface area contributed by atoms with Crippen molar-refractivity contribution in [3.05, 3.63) is 29.3 Å². The smallest absolute Gasteiger partial charge is 0.0934 e. The summed E-state index contributed by atoms with van der Waals surface area (Å²) in [5.74, 6) is 0. The third kappa shape index (κ3) is 1.75. The van der Waals surface area contributed by atoms with E-state index in [0.717, 1.165) is 0 Å². The summed E-state index contributed by atoms with van der Waals surface area (Å²) in [5, 5.41) is 2.39. The van der Waals surface area contributed by atoms with Gasteiger partial charge in [0, 0.05) is 5.69 Å². The molecule has 1 aliphatic heterocycles. The van der Waals surface area contributed by atoms with E-state index < -0.39 is 0 Å². The lowest BCUT2D eigenvalue weighted by atomic mass is 10.1. The van der Waals surface area contributed by atoms with Crippen LogP contribution in [0.1, 0.15) is 11.1 Å². The second-order valence-corrected chi connectivity index (χ2v) is 4.09. The van der Waals surface area contributed by atoms with Gasteiger partial charge in [-0.1, -0.05) is 18.2 Å². The third-order valence-electron chi connectivity index (χ3n) is 2.96. The second-order valence-electron chi connectivity index (χ2n) is 4.09. The van der Waals surface area contributed by atoms with Crippen molar-refractivity contribution in [3.8, 4) is 0 Å². The maximum atomic E-state index is 2.52. The standard InChI is InChI=1S/C12H18N2/c1-10-4-3-5-11(2)12(10)14-8-6-13-7-9-14/h3-5,13H,6-9H2,1-2H3/p+1. The Morgan fingerprint density at radius 2 is 1.64 bits per heavy atom. The van der Waals surface area contributed by atoms with Crippen LogP contribution in [0.25, 0.3) is 0 Å². The highest BCUT2D eigenvalue weighted by Gasteiger charge is 2.15. The molecule has 1 fully saturated rings. The van der Waals surface area contributed by atoms with Gasteiger partial charge in [0.05, 0.1) is 26.2 Å². The van der Waals surface area contributed by atoms with Gasteiger partial charge >= 0.3 is 0 Å². The van der Waals surface area contributed by atoms with Crippen LogP contribution in [0.15, 0.2) is 18.2 Å². The molecule has 1 aromatic carbocycles. The summed E-state index contributed by atoms with van der Waals surface area (Å²) in [6.45, 7) is 9.25. The Kier molecular flexibility index (Phi) is 2.73. The first-order chi connectivity index (χ1) is 6.79. The number of benzene rings is 1. The summed E-state index contributed by atoms with van der Waals surface area (Å²) in [4.78, 5) is 2.52. The van der Waals surface area contributed by atoms with Gasteiger partial charge in [0.1, 0.15) is 0 Å². The largest absolute Gasteiger partial charge is 0.360 e. The van der Waals surface area contributed by atoms with Crippen molar-refractivity contribution in [1.82, 2.24) is 0 Å². The maximum Gasteiger partial charge on any atom is 0.0934 e. The normalized spacial score (nSPS) is 17.1. The number of anilines is 1. The molecule has 0 saturated carbocycles. The van der Waals surface area contributed by atoms with Crippen LogP contribution in [0.5, 0.6) is 0 Å². The lowest BCUT2D eigenvalue weighted by Gasteiger charge is -2.30. The first-order valence-corrected chi connectivity index (χ1v) is 5.42. The molecule has 1 aliphatic rings. The molecular weight excluding hydrogens is 172 g/mol. The number of piperazine rings is 1. The summed E-state index contributed by atoms with van der Waals surface area (Å²) >= 11 is 0. The number of hydrogen-bond acceptors (Lipinski definition) is 1. The summed E-state index contributed by atoms with van der Waals surface area (Å²) in [6.07, 6.45) is 0. The van der Waals surface area contributed by atoms with Gasteiger partial charge in [-0.25, -0.2) is 0 Å². The van der Waals surface area contributed by atoms with E-state index in [1.807, 2.05) is 0 Å². The number of nitrogens with two attached hydrogens (primary N) is 1. The molecule has 2 nitrogen and oxygen atoms in total. The maximum absolute atomic E-state index is 2.52. The van der Waals surface area contributed by atoms with Crippen LogP contribution in [0.2, 0.25) is 0 Å². The van der Waals surface area contributed by atoms with E-state index in [1.165, 1.54) is 43.0 Å². The number of hydrogen-bond donors (Lipinski definition) is 1. The molecule has 2 rings (SSSR count). The summed E-state index contributed by atoms with van der Waals surface area (Å²) in [5.41, 5.74) is 4.28. The minimum atomic E-state index is 1.19. The Morgan fingerprint density at radius 3 is 2.21 bits per heavy atom. The van der Waals surface area contributed by atoms with Gasteiger partial charge < -0.3 is 10.2 Å². The Morgan fingerprint density at radius 1 is 1.07 bits per heavy atom. The Balaban J connectivity index is 2.29. The lowest BCUT2D eigenvalue weighted by Crippen LogP contribution is -2.89. The van der Waals surface area contributed by atoms with Crippen LogP contribution in [-0.2, 0) is 0 Å². The third-order valence-corrected chi connectivity index (χ3v) is 2.96. The molecule has 0 amide bonds. The van der Waals surface area contributed by atoms with Gasteiger partial charge in [-0.05, 0) is 25.0 Å². The Bertz CT molecular complexity index is 294. The molecule has 14 heavy (non-hydrogen) atoms. The van der Waals surface area contributed by atoms with Crippen LogP contribution >= 0.6 is 0 Å². The quantitative estimate of drug-likeness (QED) is 0.692.